The number of hydrogen-bond acceptors (Lipinski definition) is 8. The SMILES string of the molecule is CC(C)=CCCC1(C)C=Cc2c(O)c3c(c(CC=C(C)C)c2O1)OC12C(=CC4CC1C(C)(C)OC2(CC=C(C)C(=O)N1CC(C)N=C1C)C4=O)C3=O. The van der Waals surface area contributed by atoms with E-state index in [4.69, 9.17) is 14.2 Å². The van der Waals surface area contributed by atoms with E-state index in [1.807, 2.05) is 60.6 Å². The molecule has 4 heterocycles. The Kier molecular flexibility index (Phi) is 8.44. The van der Waals surface area contributed by atoms with Gasteiger partial charge in [-0.15, -0.1) is 0 Å². The summed E-state index contributed by atoms with van der Waals surface area (Å²) in [6.45, 7) is 20.1. The summed E-state index contributed by atoms with van der Waals surface area (Å²) in [5.74, 6) is -0.449. The molecular formula is C43H52N2O7. The van der Waals surface area contributed by atoms with Gasteiger partial charge in [-0.3, -0.25) is 24.3 Å². The third kappa shape index (κ3) is 5.20. The van der Waals surface area contributed by atoms with Gasteiger partial charge in [0, 0.05) is 41.5 Å². The molecule has 1 saturated carbocycles. The summed E-state index contributed by atoms with van der Waals surface area (Å²) in [4.78, 5) is 49.5. The van der Waals surface area contributed by atoms with Gasteiger partial charge < -0.3 is 19.3 Å². The summed E-state index contributed by atoms with van der Waals surface area (Å²) in [5.41, 5.74) is -0.296. The van der Waals surface area contributed by atoms with Gasteiger partial charge in [0.2, 0.25) is 0 Å². The van der Waals surface area contributed by atoms with E-state index < -0.39 is 28.3 Å². The normalized spacial score (nSPS) is 31.9. The van der Waals surface area contributed by atoms with Crippen LogP contribution < -0.4 is 9.47 Å². The molecule has 1 N–H and O–H groups in total. The molecule has 7 aliphatic rings. The summed E-state index contributed by atoms with van der Waals surface area (Å²) in [7, 11) is 0. The summed E-state index contributed by atoms with van der Waals surface area (Å²) < 4.78 is 21.0. The largest absolute Gasteiger partial charge is 0.506 e. The molecule has 276 valence electrons. The van der Waals surface area contributed by atoms with Crippen LogP contribution in [-0.2, 0) is 20.7 Å². The van der Waals surface area contributed by atoms with Gasteiger partial charge in [0.05, 0.1) is 17.2 Å². The predicted molar refractivity (Wildman–Crippen MR) is 201 cm³/mol. The van der Waals surface area contributed by atoms with Crippen LogP contribution in [0.5, 0.6) is 17.2 Å². The summed E-state index contributed by atoms with van der Waals surface area (Å²) in [6, 6.07) is 0.0106. The molecule has 0 aromatic heterocycles. The van der Waals surface area contributed by atoms with Crippen molar-refractivity contribution in [2.75, 3.05) is 6.54 Å². The second-order valence-electron chi connectivity index (χ2n) is 16.9. The monoisotopic (exact) mass is 708 g/mol. The lowest BCUT2D eigenvalue weighted by Gasteiger charge is -2.56. The number of ether oxygens (including phenoxy) is 3. The highest BCUT2D eigenvalue weighted by Crippen LogP contribution is 2.68. The Hall–Kier alpha value is -4.24. The molecule has 1 aromatic carbocycles. The number of phenols is 1. The van der Waals surface area contributed by atoms with Crippen LogP contribution in [0.1, 0.15) is 116 Å². The van der Waals surface area contributed by atoms with Crippen molar-refractivity contribution in [3.63, 3.8) is 0 Å². The van der Waals surface area contributed by atoms with E-state index in [2.05, 4.69) is 31.0 Å². The molecule has 1 aromatic rings. The first-order chi connectivity index (χ1) is 24.4. The molecule has 2 fully saturated rings. The van der Waals surface area contributed by atoms with Crippen LogP contribution in [0.4, 0.5) is 0 Å². The second-order valence-corrected chi connectivity index (χ2v) is 16.9. The highest BCUT2D eigenvalue weighted by Gasteiger charge is 2.81. The van der Waals surface area contributed by atoms with E-state index >= 15 is 0 Å². The van der Waals surface area contributed by atoms with Gasteiger partial charge in [-0.05, 0) is 107 Å². The molecule has 1 saturated heterocycles. The first-order valence-electron chi connectivity index (χ1n) is 18.7. The molecule has 52 heavy (non-hydrogen) atoms. The minimum Gasteiger partial charge on any atom is -0.506 e. The number of Topliss-reactive ketones (excluding diaryl/α,β-unsaturated/α-hetero) is 2. The quantitative estimate of drug-likeness (QED) is 0.217. The third-order valence-electron chi connectivity index (χ3n) is 12.0. The number of rotatable bonds is 8. The van der Waals surface area contributed by atoms with Crippen LogP contribution in [0.2, 0.25) is 0 Å². The Balaban J connectivity index is 1.39. The molecule has 8 rings (SSSR count). The summed E-state index contributed by atoms with van der Waals surface area (Å²) >= 11 is 0. The number of ketones is 2. The van der Waals surface area contributed by atoms with Crippen molar-refractivity contribution < 1.29 is 33.7 Å². The Morgan fingerprint density at radius 3 is 2.40 bits per heavy atom. The van der Waals surface area contributed by atoms with E-state index in [9.17, 15) is 19.5 Å². The molecule has 1 amide bonds. The molecule has 3 aliphatic carbocycles. The third-order valence-corrected chi connectivity index (χ3v) is 12.0. The van der Waals surface area contributed by atoms with Crippen molar-refractivity contribution in [3.05, 3.63) is 69.4 Å². The van der Waals surface area contributed by atoms with Crippen LogP contribution in [0.15, 0.2) is 57.7 Å². The fraction of sp³-hybridized carbons (Fsp3) is 0.535. The number of phenolic OH excluding ortho intramolecular Hbond substituents is 1. The maximum Gasteiger partial charge on any atom is 0.254 e. The Morgan fingerprint density at radius 1 is 1.04 bits per heavy atom. The number of allylic oxidation sites excluding steroid dienone is 5. The lowest BCUT2D eigenvalue weighted by atomic mass is 9.51. The number of aromatic hydroxyl groups is 1. The van der Waals surface area contributed by atoms with Crippen LogP contribution in [0.25, 0.3) is 6.08 Å². The van der Waals surface area contributed by atoms with Gasteiger partial charge in [0.25, 0.3) is 5.91 Å². The number of carbonyl (C=O) groups excluding carboxylic acids is 3. The molecule has 9 nitrogen and oxygen atoms in total. The van der Waals surface area contributed by atoms with Gasteiger partial charge in [-0.1, -0.05) is 35.5 Å². The van der Waals surface area contributed by atoms with Crippen molar-refractivity contribution in [1.82, 2.24) is 4.90 Å². The average molecular weight is 709 g/mol. The van der Waals surface area contributed by atoms with E-state index in [0.717, 1.165) is 12.0 Å². The van der Waals surface area contributed by atoms with E-state index in [0.29, 0.717) is 59.7 Å². The van der Waals surface area contributed by atoms with Gasteiger partial charge in [-0.25, -0.2) is 0 Å². The second kappa shape index (κ2) is 12.2. The first-order valence-corrected chi connectivity index (χ1v) is 18.7. The predicted octanol–water partition coefficient (Wildman–Crippen LogP) is 7.80. The minimum atomic E-state index is -1.58. The Labute approximate surface area is 307 Å². The number of fused-ring (bicyclic) bond motifs is 2. The zero-order valence-corrected chi connectivity index (χ0v) is 32.2. The molecule has 6 atom stereocenters. The fourth-order valence-corrected chi connectivity index (χ4v) is 9.44. The van der Waals surface area contributed by atoms with Gasteiger partial charge in [-0.2, -0.15) is 0 Å². The molecule has 4 bridgehead atoms. The Bertz CT molecular complexity index is 1990. The van der Waals surface area contributed by atoms with Crippen molar-refractivity contribution in [3.8, 4) is 17.2 Å². The maximum absolute atomic E-state index is 15.0. The number of amidine groups is 1. The molecule has 6 unspecified atom stereocenters. The van der Waals surface area contributed by atoms with Gasteiger partial charge in [0.15, 0.2) is 22.8 Å². The van der Waals surface area contributed by atoms with Crippen molar-refractivity contribution in [2.45, 2.75) is 130 Å². The zero-order chi connectivity index (χ0) is 37.7. The van der Waals surface area contributed by atoms with Crippen LogP contribution in [0.3, 0.4) is 0 Å². The van der Waals surface area contributed by atoms with E-state index in [-0.39, 0.29) is 52.9 Å². The van der Waals surface area contributed by atoms with E-state index in [1.165, 1.54) is 5.57 Å². The van der Waals surface area contributed by atoms with Crippen molar-refractivity contribution >= 4 is 29.4 Å². The lowest BCUT2D eigenvalue weighted by molar-refractivity contribution is -0.171. The summed E-state index contributed by atoms with van der Waals surface area (Å²) in [5, 5.41) is 11.9. The molecular weight excluding hydrogens is 656 g/mol. The lowest BCUT2D eigenvalue weighted by Crippen LogP contribution is -2.72. The number of aliphatic imine (C=N–C) groups is 1. The fourth-order valence-electron chi connectivity index (χ4n) is 9.44. The summed E-state index contributed by atoms with van der Waals surface area (Å²) in [6.07, 6.45) is 14.0. The highest BCUT2D eigenvalue weighted by atomic mass is 16.6. The number of nitrogens with zero attached hydrogens (tertiary/aromatic N) is 2. The number of benzene rings is 1. The highest BCUT2D eigenvalue weighted by molar-refractivity contribution is 6.19. The molecule has 9 heteroatoms. The molecule has 4 aliphatic heterocycles. The number of hydrogen-bond donors (Lipinski definition) is 1. The smallest absolute Gasteiger partial charge is 0.254 e. The van der Waals surface area contributed by atoms with Crippen LogP contribution in [0, 0.1) is 11.8 Å². The van der Waals surface area contributed by atoms with E-state index in [1.54, 1.807) is 24.0 Å². The average Bonchev–Trinajstić information content (AvgIpc) is 3.48. The number of carbonyl (C=O) groups is 3. The van der Waals surface area contributed by atoms with Gasteiger partial charge in [0.1, 0.15) is 34.2 Å². The molecule has 1 spiro atoms. The molecule has 0 radical (unpaired) electrons. The Morgan fingerprint density at radius 2 is 1.75 bits per heavy atom. The van der Waals surface area contributed by atoms with Crippen molar-refractivity contribution in [2.24, 2.45) is 16.8 Å². The minimum absolute atomic E-state index is 0.0106. The van der Waals surface area contributed by atoms with Crippen LogP contribution in [-0.4, -0.2) is 68.3 Å². The van der Waals surface area contributed by atoms with Crippen molar-refractivity contribution in [1.29, 1.82) is 0 Å². The van der Waals surface area contributed by atoms with Crippen LogP contribution >= 0.6 is 0 Å². The van der Waals surface area contributed by atoms with Gasteiger partial charge >= 0.3 is 0 Å². The maximum atomic E-state index is 15.0. The topological polar surface area (TPSA) is 115 Å². The zero-order valence-electron chi connectivity index (χ0n) is 32.2. The number of amides is 1. The first kappa shape index (κ1) is 36.1. The standard InChI is InChI=1S/C43H52N2O7/c1-23(2)12-11-17-41(10)18-16-29-34(46)33-35(47)31-20-28-21-32-40(8,9)52-42(38(28)48,19-15-25(5)39(49)45-22-26(6)44-27(45)7)43(31,32)51-37(33)30(36(29)50-41)14-13-24(3)4/h12-13,15-16,18,20,26,28,32,46H,11,14,17,19,21-22H2,1-10H3.